The molecule has 4 aliphatic rings. The van der Waals surface area contributed by atoms with Crippen LogP contribution in [0.4, 0.5) is 68.8 Å². The minimum absolute atomic E-state index is 0. The Balaban J connectivity index is 0.000000168. The molecule has 0 unspecified atom stereocenters. The Morgan fingerprint density at radius 3 is 0.910 bits per heavy atom. The first-order valence-electron chi connectivity index (χ1n) is 36.8. The Bertz CT molecular complexity index is 4830. The summed E-state index contributed by atoms with van der Waals surface area (Å²) in [5.74, 6) is 8.97. The van der Waals surface area contributed by atoms with E-state index in [0.29, 0.717) is 35.5 Å². The molecule has 17 nitrogen and oxygen atoms in total. The van der Waals surface area contributed by atoms with Crippen molar-refractivity contribution < 1.29 is 80.4 Å². The van der Waals surface area contributed by atoms with Gasteiger partial charge < -0.3 is 39.2 Å². The molecule has 16 rings (SSSR count). The number of fused-ring (bicyclic) bond motifs is 4. The van der Waals surface area contributed by atoms with Gasteiger partial charge in [-0.25, -0.2) is 39.9 Å². The van der Waals surface area contributed by atoms with E-state index in [2.05, 4.69) is 192 Å². The Morgan fingerprint density at radius 2 is 0.577 bits per heavy atom. The fourth-order valence-electron chi connectivity index (χ4n) is 13.8. The minimum Gasteiger partial charge on any atom is -0.501 e. The molecule has 0 amide bonds. The molecular weight excluding hydrogens is 2090 g/mol. The number of nitrogens with zero attached hydrogens (tertiary/aromatic N) is 17. The minimum atomic E-state index is 0. The Hall–Kier alpha value is -8.99. The molecule has 582 valence electrons. The number of para-hydroxylation sites is 4. The van der Waals surface area contributed by atoms with Gasteiger partial charge in [-0.15, -0.1) is 22.7 Å². The van der Waals surface area contributed by atoms with E-state index < -0.39 is 0 Å². The van der Waals surface area contributed by atoms with Crippen molar-refractivity contribution >= 4 is 68.8 Å². The molecule has 0 aliphatic carbocycles. The van der Waals surface area contributed by atoms with Crippen molar-refractivity contribution in [2.24, 2.45) is 0 Å². The van der Waals surface area contributed by atoms with Gasteiger partial charge in [0.15, 0.2) is 23.3 Å². The molecule has 21 heteroatoms. The molecule has 0 fully saturated rings. The van der Waals surface area contributed by atoms with Gasteiger partial charge >= 0.3 is 0 Å². The molecule has 4 aliphatic heterocycles. The van der Waals surface area contributed by atoms with Crippen LogP contribution in [0.5, 0.6) is 0 Å². The third kappa shape index (κ3) is 18.4. The molecule has 0 bridgehead atoms. The molecule has 5 aromatic heterocycles. The number of aryl methyl sites for hydroxylation is 1. The van der Waals surface area contributed by atoms with Crippen molar-refractivity contribution in [3.05, 3.63) is 285 Å². The number of pyridine rings is 1. The monoisotopic (exact) mass is 2180 g/mol. The fourth-order valence-corrected chi connectivity index (χ4v) is 13.8. The maximum absolute atomic E-state index is 5.04. The van der Waals surface area contributed by atoms with Gasteiger partial charge in [-0.2, -0.15) is 148 Å². The van der Waals surface area contributed by atoms with Crippen LogP contribution in [0.2, 0.25) is 0 Å². The molecule has 9 heterocycles. The summed E-state index contributed by atoms with van der Waals surface area (Å²) >= 11 is 0. The van der Waals surface area contributed by atoms with E-state index in [4.69, 9.17) is 34.9 Å². The Morgan fingerprint density at radius 1 is 0.288 bits per heavy atom. The number of hydrogen-bond acceptors (Lipinski definition) is 17. The second-order valence-corrected chi connectivity index (χ2v) is 29.0. The summed E-state index contributed by atoms with van der Waals surface area (Å²) in [5, 5.41) is 0. The van der Waals surface area contributed by atoms with Crippen LogP contribution in [0.1, 0.15) is 158 Å². The quantitative estimate of drug-likeness (QED) is 0.0952. The smallest absolute Gasteiger partial charge is 0.162 e. The van der Waals surface area contributed by atoms with Crippen LogP contribution < -0.4 is 39.2 Å². The predicted molar refractivity (Wildman–Crippen MR) is 437 cm³/mol. The third-order valence-electron chi connectivity index (χ3n) is 19.4. The maximum atomic E-state index is 5.04. The zero-order chi connectivity index (χ0) is 75.3. The van der Waals surface area contributed by atoms with Crippen molar-refractivity contribution in [2.45, 2.75) is 126 Å². The summed E-state index contributed by atoms with van der Waals surface area (Å²) in [6.45, 7) is 36.7. The van der Waals surface area contributed by atoms with Crippen LogP contribution in [-0.4, -0.2) is 73.0 Å². The predicted octanol–water partition coefficient (Wildman–Crippen LogP) is 21.0. The molecule has 0 saturated heterocycles. The van der Waals surface area contributed by atoms with Gasteiger partial charge in [0, 0.05) is 115 Å². The SMILES string of the molecule is CC(C)c1cccc(C(C)C)c1-c1ncc2c(n1)N(C)[CH-]N2c1[c-]cccc1.CC(C)c1cccc(C(C)C)c1-c1ncc2c(n1)N(c1[c-]cccc1)[CH-]N2C.CC(C)c1cncc(C(C)C)c1-c1ncc2c(n1)N(C)[CH-]N2c1[c-]cccc1.Cc1ccccc1-c1ncc2c(n1)N(c1[c-]cccc1)[CH-]N2C.[Ir].[Ir].[Ir].[Ir]. The van der Waals surface area contributed by atoms with Gasteiger partial charge in [-0.05, 0) is 110 Å². The molecule has 0 atom stereocenters. The van der Waals surface area contributed by atoms with Crippen molar-refractivity contribution in [1.82, 2.24) is 44.9 Å². The van der Waals surface area contributed by atoms with E-state index in [-0.39, 0.29) is 80.4 Å². The average Bonchev–Trinajstić information content (AvgIpc) is 1.65. The van der Waals surface area contributed by atoms with Crippen LogP contribution in [0, 0.1) is 57.9 Å². The normalized spacial score (nSPS) is 13.0. The summed E-state index contributed by atoms with van der Waals surface area (Å²) in [7, 11) is 8.05. The average molecular weight is 2180 g/mol. The van der Waals surface area contributed by atoms with Crippen LogP contribution in [0.3, 0.4) is 0 Å². The van der Waals surface area contributed by atoms with Gasteiger partial charge in [0.05, 0.1) is 47.5 Å². The second kappa shape index (κ2) is 38.0. The molecular formula is C90H93Ir4N17-8. The van der Waals surface area contributed by atoms with Crippen LogP contribution in [0.15, 0.2) is 195 Å². The van der Waals surface area contributed by atoms with Gasteiger partial charge in [0.25, 0.3) is 0 Å². The summed E-state index contributed by atoms with van der Waals surface area (Å²) in [6.07, 6.45) is 11.5. The van der Waals surface area contributed by atoms with E-state index in [9.17, 15) is 0 Å². The maximum Gasteiger partial charge on any atom is 0.162 e. The van der Waals surface area contributed by atoms with E-state index >= 15 is 0 Å². The molecule has 0 N–H and O–H groups in total. The van der Waals surface area contributed by atoms with Crippen molar-refractivity contribution in [3.63, 3.8) is 0 Å². The van der Waals surface area contributed by atoms with E-state index in [1.165, 1.54) is 50.1 Å². The van der Waals surface area contributed by atoms with Crippen molar-refractivity contribution in [2.75, 3.05) is 67.4 Å². The second-order valence-electron chi connectivity index (χ2n) is 29.0. The molecule has 0 saturated carbocycles. The largest absolute Gasteiger partial charge is 0.501 e. The molecule has 7 aromatic carbocycles. The van der Waals surface area contributed by atoms with Crippen molar-refractivity contribution in [3.8, 4) is 45.6 Å². The van der Waals surface area contributed by atoms with Crippen LogP contribution in [0.25, 0.3) is 45.6 Å². The van der Waals surface area contributed by atoms with Crippen molar-refractivity contribution in [1.29, 1.82) is 0 Å². The first-order chi connectivity index (χ1) is 51.6. The molecule has 4 radical (unpaired) electrons. The zero-order valence-electron chi connectivity index (χ0n) is 65.7. The molecule has 12 aromatic rings. The van der Waals surface area contributed by atoms with E-state index in [1.54, 1.807) is 0 Å². The number of rotatable bonds is 14. The first kappa shape index (κ1) is 86.0. The summed E-state index contributed by atoms with van der Waals surface area (Å²) in [5.41, 5.74) is 21.0. The number of hydrogen-bond donors (Lipinski definition) is 0. The number of aromatic nitrogens is 9. The van der Waals surface area contributed by atoms with Gasteiger partial charge in [0.2, 0.25) is 0 Å². The first-order valence-corrected chi connectivity index (χ1v) is 36.8. The van der Waals surface area contributed by atoms with E-state index in [0.717, 1.165) is 103 Å². The topological polar surface area (TPSA) is 142 Å². The zero-order valence-corrected chi connectivity index (χ0v) is 75.3. The third-order valence-corrected chi connectivity index (χ3v) is 19.4. The molecule has 0 spiro atoms. The van der Waals surface area contributed by atoms with Gasteiger partial charge in [0.1, 0.15) is 23.3 Å². The summed E-state index contributed by atoms with van der Waals surface area (Å²) in [4.78, 5) is 59.6. The van der Waals surface area contributed by atoms with Crippen LogP contribution >= 0.6 is 0 Å². The summed E-state index contributed by atoms with van der Waals surface area (Å²) in [6, 6.07) is 66.1. The van der Waals surface area contributed by atoms with E-state index in [1.807, 2.05) is 221 Å². The Kier molecular flexibility index (Phi) is 29.5. The van der Waals surface area contributed by atoms with Crippen LogP contribution in [-0.2, 0) is 80.4 Å². The standard InChI is InChI=1S/2C24H26N4.C23H25N5.C19H16N4.4Ir/c1-16(2)19-12-9-13-20(17(3)4)22(19)23-25-14-21-24(26-23)27(5)15-28(21)18-10-7-6-8-11-18;1-16(2)19-12-9-13-20(17(3)4)22(19)23-25-14-21-24(26-23)28(15-27(21)5)18-10-7-6-8-11-18;1-15(2)18-11-24-12-19(16(3)4)21(18)22-25-13-20-23(26-22)27(5)14-28(20)17-9-7-6-8-10-17;1-14-8-6-7-11-16(14)18-20-12-17-19(21-18)23(13-22(17)2)15-9-4-3-5-10-15;;;;/h2*6-10,12-17H,1-5H3;6-9,11-16H,1-5H3;3-9,11-13H,1-2H3;;;;/q4*-2;;;;. The fraction of sp³-hybridized carbons (Fsp3) is 0.256. The Labute approximate surface area is 711 Å². The van der Waals surface area contributed by atoms with Gasteiger partial charge in [-0.3, -0.25) is 4.98 Å². The number of anilines is 12. The number of benzene rings is 7. The summed E-state index contributed by atoms with van der Waals surface area (Å²) < 4.78 is 0. The molecule has 111 heavy (non-hydrogen) atoms. The van der Waals surface area contributed by atoms with Gasteiger partial charge in [-0.1, -0.05) is 144 Å².